The van der Waals surface area contributed by atoms with Crippen LogP contribution in [-0.2, 0) is 0 Å². The highest BCUT2D eigenvalue weighted by atomic mass is 16.3. The van der Waals surface area contributed by atoms with Crippen LogP contribution >= 0.6 is 0 Å². The second-order valence-electron chi connectivity index (χ2n) is 6.22. The Labute approximate surface area is 136 Å². The van der Waals surface area contributed by atoms with Crippen LogP contribution in [0.15, 0.2) is 54.6 Å². The van der Waals surface area contributed by atoms with Crippen LogP contribution in [0.1, 0.15) is 0 Å². The summed E-state index contributed by atoms with van der Waals surface area (Å²) in [6.45, 7) is 5.08. The van der Waals surface area contributed by atoms with Crippen molar-refractivity contribution in [1.82, 2.24) is 4.90 Å². The number of hydrogen-bond acceptors (Lipinski definition) is 3. The van der Waals surface area contributed by atoms with Crippen molar-refractivity contribution < 1.29 is 5.11 Å². The van der Waals surface area contributed by atoms with Gasteiger partial charge >= 0.3 is 0 Å². The number of rotatable bonds is 3. The molecule has 1 aliphatic heterocycles. The monoisotopic (exact) mass is 306 g/mol. The third-order valence-electron chi connectivity index (χ3n) is 4.85. The fourth-order valence-corrected chi connectivity index (χ4v) is 3.67. The minimum absolute atomic E-state index is 0.247. The highest BCUT2D eigenvalue weighted by molar-refractivity contribution is 6.11. The highest BCUT2D eigenvalue weighted by Gasteiger charge is 2.20. The van der Waals surface area contributed by atoms with Crippen LogP contribution in [-0.4, -0.2) is 49.3 Å². The molecule has 118 valence electrons. The lowest BCUT2D eigenvalue weighted by molar-refractivity contribution is 0.189. The summed E-state index contributed by atoms with van der Waals surface area (Å²) in [6, 6.07) is 19.6. The lowest BCUT2D eigenvalue weighted by Crippen LogP contribution is -2.47. The van der Waals surface area contributed by atoms with E-state index in [-0.39, 0.29) is 6.61 Å². The summed E-state index contributed by atoms with van der Waals surface area (Å²) in [6.07, 6.45) is 0. The van der Waals surface area contributed by atoms with Gasteiger partial charge in [-0.1, -0.05) is 48.5 Å². The molecule has 3 aromatic rings. The van der Waals surface area contributed by atoms with Gasteiger partial charge in [-0.3, -0.25) is 4.90 Å². The van der Waals surface area contributed by atoms with Gasteiger partial charge in [-0.15, -0.1) is 0 Å². The van der Waals surface area contributed by atoms with E-state index in [4.69, 9.17) is 5.11 Å². The van der Waals surface area contributed by atoms with Crippen molar-refractivity contribution in [3.63, 3.8) is 0 Å². The molecule has 0 radical (unpaired) electrons. The van der Waals surface area contributed by atoms with E-state index in [1.807, 2.05) is 0 Å². The number of piperazine rings is 1. The van der Waals surface area contributed by atoms with Gasteiger partial charge in [0.05, 0.1) is 12.3 Å². The van der Waals surface area contributed by atoms with E-state index < -0.39 is 0 Å². The number of hydrogen-bond donors (Lipinski definition) is 1. The number of aliphatic hydroxyl groups is 1. The van der Waals surface area contributed by atoms with Gasteiger partial charge < -0.3 is 10.0 Å². The normalized spacial score (nSPS) is 16.3. The maximum atomic E-state index is 9.13. The van der Waals surface area contributed by atoms with Crippen LogP contribution < -0.4 is 4.90 Å². The summed E-state index contributed by atoms with van der Waals surface area (Å²) in [5.41, 5.74) is 1.36. The zero-order chi connectivity index (χ0) is 15.6. The predicted molar refractivity (Wildman–Crippen MR) is 97.2 cm³/mol. The van der Waals surface area contributed by atoms with Gasteiger partial charge in [-0.05, 0) is 16.8 Å². The Morgan fingerprint density at radius 1 is 0.783 bits per heavy atom. The van der Waals surface area contributed by atoms with Crippen LogP contribution in [0.5, 0.6) is 0 Å². The van der Waals surface area contributed by atoms with Crippen molar-refractivity contribution in [3.05, 3.63) is 54.6 Å². The standard InChI is InChI=1S/C20H22N2O/c23-14-13-21-9-11-22(12-10-21)20-18-7-3-1-5-16(18)15-17-6-2-4-8-19(17)20/h1-8,15,23H,9-14H2. The van der Waals surface area contributed by atoms with Crippen LogP contribution in [0.25, 0.3) is 21.5 Å². The first-order chi connectivity index (χ1) is 11.4. The molecule has 1 fully saturated rings. The van der Waals surface area contributed by atoms with Gasteiger partial charge in [-0.25, -0.2) is 0 Å². The van der Waals surface area contributed by atoms with E-state index in [1.165, 1.54) is 27.2 Å². The third-order valence-corrected chi connectivity index (χ3v) is 4.85. The van der Waals surface area contributed by atoms with E-state index >= 15 is 0 Å². The lowest BCUT2D eigenvalue weighted by Gasteiger charge is -2.37. The van der Waals surface area contributed by atoms with E-state index in [0.29, 0.717) is 0 Å². The average Bonchev–Trinajstić information content (AvgIpc) is 2.61. The van der Waals surface area contributed by atoms with Crippen LogP contribution in [0.3, 0.4) is 0 Å². The molecular formula is C20H22N2O. The number of fused-ring (bicyclic) bond motifs is 2. The van der Waals surface area contributed by atoms with E-state index in [2.05, 4.69) is 64.4 Å². The average molecular weight is 306 g/mol. The molecular weight excluding hydrogens is 284 g/mol. The number of nitrogens with zero attached hydrogens (tertiary/aromatic N) is 2. The van der Waals surface area contributed by atoms with Crippen LogP contribution in [0.2, 0.25) is 0 Å². The van der Waals surface area contributed by atoms with E-state index in [9.17, 15) is 0 Å². The smallest absolute Gasteiger partial charge is 0.0558 e. The van der Waals surface area contributed by atoms with Crippen LogP contribution in [0.4, 0.5) is 5.69 Å². The van der Waals surface area contributed by atoms with Crippen molar-refractivity contribution in [2.45, 2.75) is 0 Å². The van der Waals surface area contributed by atoms with Gasteiger partial charge in [-0.2, -0.15) is 0 Å². The van der Waals surface area contributed by atoms with Gasteiger partial charge in [0.1, 0.15) is 0 Å². The first kappa shape index (κ1) is 14.5. The molecule has 23 heavy (non-hydrogen) atoms. The van der Waals surface area contributed by atoms with Gasteiger partial charge in [0.25, 0.3) is 0 Å². The Balaban J connectivity index is 1.81. The molecule has 1 aliphatic rings. The fourth-order valence-electron chi connectivity index (χ4n) is 3.67. The van der Waals surface area contributed by atoms with Crippen LogP contribution in [0, 0.1) is 0 Å². The zero-order valence-corrected chi connectivity index (χ0v) is 13.3. The number of aliphatic hydroxyl groups excluding tert-OH is 1. The first-order valence-corrected chi connectivity index (χ1v) is 8.35. The second-order valence-corrected chi connectivity index (χ2v) is 6.22. The van der Waals surface area contributed by atoms with E-state index in [0.717, 1.165) is 32.7 Å². The predicted octanol–water partition coefficient (Wildman–Crippen LogP) is 3.11. The Morgan fingerprint density at radius 2 is 1.35 bits per heavy atom. The maximum Gasteiger partial charge on any atom is 0.0558 e. The van der Waals surface area contributed by atoms with Crippen molar-refractivity contribution >= 4 is 27.2 Å². The molecule has 0 spiro atoms. The molecule has 0 saturated carbocycles. The molecule has 4 rings (SSSR count). The number of anilines is 1. The summed E-state index contributed by atoms with van der Waals surface area (Å²) < 4.78 is 0. The summed E-state index contributed by atoms with van der Waals surface area (Å²) in [5, 5.41) is 14.4. The summed E-state index contributed by atoms with van der Waals surface area (Å²) in [5.74, 6) is 0. The molecule has 3 heteroatoms. The Bertz CT molecular complexity index is 768. The first-order valence-electron chi connectivity index (χ1n) is 8.35. The molecule has 0 unspecified atom stereocenters. The highest BCUT2D eigenvalue weighted by Crippen LogP contribution is 2.35. The van der Waals surface area contributed by atoms with Crippen molar-refractivity contribution in [3.8, 4) is 0 Å². The van der Waals surface area contributed by atoms with Crippen molar-refractivity contribution in [2.24, 2.45) is 0 Å². The second kappa shape index (κ2) is 6.19. The molecule has 0 atom stereocenters. The molecule has 3 nitrogen and oxygen atoms in total. The number of benzene rings is 3. The largest absolute Gasteiger partial charge is 0.395 e. The molecule has 1 saturated heterocycles. The summed E-state index contributed by atoms with van der Waals surface area (Å²) >= 11 is 0. The quantitative estimate of drug-likeness (QED) is 0.753. The fraction of sp³-hybridized carbons (Fsp3) is 0.300. The maximum absolute atomic E-state index is 9.13. The molecule has 0 aliphatic carbocycles. The third kappa shape index (κ3) is 2.67. The minimum atomic E-state index is 0.247. The van der Waals surface area contributed by atoms with Gasteiger partial charge in [0.15, 0.2) is 0 Å². The number of β-amino-alcohol motifs (C(OH)–C–C–N with tert-alkyl or cyclic N) is 1. The van der Waals surface area contributed by atoms with E-state index in [1.54, 1.807) is 0 Å². The lowest BCUT2D eigenvalue weighted by atomic mass is 9.99. The summed E-state index contributed by atoms with van der Waals surface area (Å²) in [7, 11) is 0. The molecule has 0 bridgehead atoms. The van der Waals surface area contributed by atoms with Crippen molar-refractivity contribution in [1.29, 1.82) is 0 Å². The Hall–Kier alpha value is -2.10. The Morgan fingerprint density at radius 3 is 1.91 bits per heavy atom. The molecule has 0 aromatic heterocycles. The molecule has 1 N–H and O–H groups in total. The molecule has 1 heterocycles. The van der Waals surface area contributed by atoms with Gasteiger partial charge in [0.2, 0.25) is 0 Å². The SMILES string of the molecule is OCCN1CCN(c2c3ccccc3cc3ccccc23)CC1. The zero-order valence-electron chi connectivity index (χ0n) is 13.3. The molecule has 0 amide bonds. The van der Waals surface area contributed by atoms with Crippen molar-refractivity contribution in [2.75, 3.05) is 44.2 Å². The summed E-state index contributed by atoms with van der Waals surface area (Å²) in [4.78, 5) is 4.85. The molecule has 3 aromatic carbocycles. The van der Waals surface area contributed by atoms with Gasteiger partial charge in [0, 0.05) is 43.5 Å². The minimum Gasteiger partial charge on any atom is -0.395 e. The Kier molecular flexibility index (Phi) is 3.90. The topological polar surface area (TPSA) is 26.7 Å².